The van der Waals surface area contributed by atoms with Crippen molar-refractivity contribution in [1.82, 2.24) is 59.0 Å². The van der Waals surface area contributed by atoms with Crippen molar-refractivity contribution in [2.24, 2.45) is 61.7 Å². The van der Waals surface area contributed by atoms with Gasteiger partial charge in [-0.05, 0) is 72.4 Å². The summed E-state index contributed by atoms with van der Waals surface area (Å²) in [4.78, 5) is 160. The number of carbonyl (C=O) groups excluding carboxylic acids is 10. The van der Waals surface area contributed by atoms with Crippen LogP contribution in [0.5, 0.6) is 0 Å². The van der Waals surface area contributed by atoms with Crippen molar-refractivity contribution < 1.29 is 47.9 Å². The fourth-order valence-corrected chi connectivity index (χ4v) is 13.0. The molecule has 1 atom stereocenters. The van der Waals surface area contributed by atoms with Gasteiger partial charge in [0.1, 0.15) is 52.5 Å². The molecule has 0 spiro atoms. The van der Waals surface area contributed by atoms with Crippen molar-refractivity contribution in [3.8, 4) is 0 Å². The second kappa shape index (κ2) is 58.2. The molecule has 133 heavy (non-hydrogen) atoms. The fourth-order valence-electron chi connectivity index (χ4n) is 10.9. The Bertz CT molecular complexity index is 4780. The van der Waals surface area contributed by atoms with E-state index >= 15 is 0 Å². The van der Waals surface area contributed by atoms with Gasteiger partial charge < -0.3 is 35.4 Å². The minimum Gasteiger partial charge on any atom is -0.370 e. The number of nitrogens with zero attached hydrogens (tertiary/aromatic N) is 11. The summed E-state index contributed by atoms with van der Waals surface area (Å²) in [5, 5.41) is 16.0. The lowest BCUT2D eigenvalue weighted by Crippen LogP contribution is -2.25. The number of aromatic nitrogens is 12. The van der Waals surface area contributed by atoms with Gasteiger partial charge in [-0.25, -0.2) is 44.9 Å². The Kier molecular flexibility index (Phi) is 54.1. The minimum atomic E-state index is -0.497. The summed E-state index contributed by atoms with van der Waals surface area (Å²) in [7, 11) is 1.79. The lowest BCUT2D eigenvalue weighted by Gasteiger charge is -2.18. The highest BCUT2D eigenvalue weighted by atomic mass is 32.1. The second-order valence-electron chi connectivity index (χ2n) is 42.8. The van der Waals surface area contributed by atoms with Crippen LogP contribution in [0.1, 0.15) is 419 Å². The van der Waals surface area contributed by atoms with E-state index in [4.69, 9.17) is 0 Å². The molecule has 8 aromatic rings. The molecule has 0 radical (unpaired) electrons. The summed E-state index contributed by atoms with van der Waals surface area (Å²) >= 11 is 4.47. The number of rotatable bonds is 32. The van der Waals surface area contributed by atoms with E-state index in [1.54, 1.807) is 61.2 Å². The molecule has 0 aliphatic carbocycles. The van der Waals surface area contributed by atoms with Gasteiger partial charge in [-0.2, -0.15) is 0 Å². The molecule has 8 aromatic heterocycles. The maximum Gasteiger partial charge on any atom is 0.228 e. The fraction of sp³-hybridized carbons (Fsp3) is 0.644. The average Bonchev–Trinajstić information content (AvgIpc) is 1.78. The van der Waals surface area contributed by atoms with Gasteiger partial charge in [-0.15, -0.1) is 22.7 Å². The molecule has 0 saturated heterocycles. The van der Waals surface area contributed by atoms with Crippen LogP contribution >= 0.6 is 34.0 Å². The molecule has 0 aromatic carbocycles. The molecule has 29 heteroatoms. The van der Waals surface area contributed by atoms with Gasteiger partial charge >= 0.3 is 0 Å². The van der Waals surface area contributed by atoms with E-state index in [0.29, 0.717) is 52.2 Å². The van der Waals surface area contributed by atoms with Crippen LogP contribution < -0.4 is 21.3 Å². The molecule has 1 amide bonds. The summed E-state index contributed by atoms with van der Waals surface area (Å²) in [6, 6.07) is 3.69. The number of hydrogen-bond acceptors (Lipinski definition) is 25. The first-order valence-electron chi connectivity index (χ1n) is 47.1. The Labute approximate surface area is 811 Å². The van der Waals surface area contributed by atoms with E-state index in [1.807, 2.05) is 250 Å². The molecule has 744 valence electrons. The van der Waals surface area contributed by atoms with Crippen molar-refractivity contribution in [2.75, 3.05) is 40.9 Å². The first-order valence-corrected chi connectivity index (χ1v) is 49.7. The number of H-pyrrole nitrogens is 1. The Morgan fingerprint density at radius 2 is 0.977 bits per heavy atom. The molecule has 26 nitrogen and oxygen atoms in total. The maximum absolute atomic E-state index is 12.5. The smallest absolute Gasteiger partial charge is 0.228 e. The number of aryl methyl sites for hydroxylation is 5. The number of thiazole rings is 3. The van der Waals surface area contributed by atoms with E-state index in [2.05, 4.69) is 98.8 Å². The highest BCUT2D eigenvalue weighted by Crippen LogP contribution is 2.31. The number of nitrogens with one attached hydrogen (secondary N) is 5. The van der Waals surface area contributed by atoms with Gasteiger partial charge in [0.15, 0.2) is 57.3 Å². The summed E-state index contributed by atoms with van der Waals surface area (Å²) in [6.45, 7) is 74.2. The Morgan fingerprint density at radius 3 is 1.40 bits per heavy atom. The van der Waals surface area contributed by atoms with Crippen LogP contribution in [0, 0.1) is 82.3 Å². The molecule has 1 unspecified atom stereocenters. The van der Waals surface area contributed by atoms with Gasteiger partial charge in [-0.1, -0.05) is 304 Å². The first kappa shape index (κ1) is 124. The zero-order valence-electron chi connectivity index (χ0n) is 88.7. The normalized spacial score (nSPS) is 11.8. The third kappa shape index (κ3) is 49.6. The number of imidazole rings is 3. The van der Waals surface area contributed by atoms with E-state index in [-0.39, 0.29) is 102 Å². The first-order chi connectivity index (χ1) is 61.1. The van der Waals surface area contributed by atoms with E-state index in [0.717, 1.165) is 89.1 Å². The van der Waals surface area contributed by atoms with Crippen molar-refractivity contribution >= 4 is 115 Å². The maximum atomic E-state index is 12.5. The zero-order chi connectivity index (χ0) is 103. The molecule has 0 aliphatic rings. The monoisotopic (exact) mass is 1900 g/mol. The van der Waals surface area contributed by atoms with Crippen LogP contribution in [0.15, 0.2) is 72.7 Å². The number of ketones is 9. The number of unbranched alkanes of at least 4 members (excludes halogenated alkanes) is 10. The summed E-state index contributed by atoms with van der Waals surface area (Å²) in [6.07, 6.45) is 31.6. The van der Waals surface area contributed by atoms with Gasteiger partial charge in [0.2, 0.25) is 11.7 Å². The lowest BCUT2D eigenvalue weighted by molar-refractivity contribution is -0.127. The molecule has 8 heterocycles. The number of anilines is 4. The predicted molar refractivity (Wildman–Crippen MR) is 552 cm³/mol. The summed E-state index contributed by atoms with van der Waals surface area (Å²) in [5.41, 5.74) is 1.84. The largest absolute Gasteiger partial charge is 0.370 e. The molecule has 0 aliphatic heterocycles. The Hall–Kier alpha value is -9.35. The van der Waals surface area contributed by atoms with Crippen molar-refractivity contribution in [2.45, 2.75) is 359 Å². The SMILES string of the molecule is CC(=O)C(C)(C)C.CCCCCCCCCCCCCC(C)C(=O)Nc1cn(C)c(C(=O)C(C)(C)C)n1.CCCNc1ccc(C(=O)C(C)(C)C)cn1.CCCNc1ncc(C(=O)C(C)(C)C)s1.CCCNc1ncncc1C(=O)C(C)(C)C.Cc1nc(C(=O)C(C)(C)C)cs1.Cc1ncc(C(=O)C(C)(C)C)[nH]1.Cc1nccn1CC(=O)C(C)(C)C.Cc1scnc1C(=O)C(C)(C)C. The van der Waals surface area contributed by atoms with Crippen molar-refractivity contribution in [1.29, 1.82) is 0 Å². The highest BCUT2D eigenvalue weighted by Gasteiger charge is 2.32. The third-order valence-electron chi connectivity index (χ3n) is 20.0. The molecule has 0 saturated carbocycles. The molecule has 5 N–H and O–H groups in total. The van der Waals surface area contributed by atoms with Gasteiger partial charge in [0.25, 0.3) is 0 Å². The van der Waals surface area contributed by atoms with E-state index < -0.39 is 10.8 Å². The van der Waals surface area contributed by atoms with Crippen LogP contribution in [0.3, 0.4) is 0 Å². The quantitative estimate of drug-likeness (QED) is 0.0193. The Morgan fingerprint density at radius 1 is 0.474 bits per heavy atom. The predicted octanol–water partition coefficient (Wildman–Crippen LogP) is 26.5. The van der Waals surface area contributed by atoms with Gasteiger partial charge in [0, 0.05) is 128 Å². The number of hydrogen-bond donors (Lipinski definition) is 5. The Balaban J connectivity index is 0.00000151. The minimum absolute atomic E-state index is 0.0186. The number of Topliss-reactive ketones (excluding diaryl/α,β-unsaturated/α-hetero) is 9. The molecular formula is C104H170N16O10S3. The van der Waals surface area contributed by atoms with Crippen LogP contribution in [0.4, 0.5) is 22.6 Å². The van der Waals surface area contributed by atoms with E-state index in [9.17, 15) is 47.9 Å². The highest BCUT2D eigenvalue weighted by molar-refractivity contribution is 7.17. The topological polar surface area (TPSA) is 360 Å². The van der Waals surface area contributed by atoms with Gasteiger partial charge in [0.05, 0.1) is 39.9 Å². The summed E-state index contributed by atoms with van der Waals surface area (Å²) < 4.78 is 3.56. The number of amides is 1. The standard InChI is InChI=1S/C25H45N3O2.C13H20N2O.C12H19N3O.C11H18N2OS.C10H16N2O.C9H14N2O.2C9H13NOS.C6H12O/c1-7-8-9-10-11-12-13-14-15-16-17-18-20(2)24(30)27-21-19-28(6)23(26-21)22(29)25(3,4)5;1-5-8-14-11-7-6-10(9-15-11)12(16)13(2,3)4;1-5-6-14-11-9(7-13-8-15-11)10(16)12(2,3)4;1-5-6-12-10-13-7-8(15-10)9(14)11(2,3)4;1-8-11-5-6-12(8)7-9(13)10(2,3)4;1-6-10-5-7(11-6)8(12)9(2,3)4;1-6-7(10-5-12-6)8(11)9(2,3)4;1-6-10-7(5-12-6)8(11)9(2,3)4;1-5(7)6(2,3)4/h19-20H,7-18H2,1-6H3,(H,27,30);6-7,9H,5,8H2,1-4H3,(H,14,15);7-8H,5-6H2,1-4H3,(H,13,14,15);7H,5-6H2,1-4H3,(H,12,13);5-6H,7H2,1-4H3;5H,1-4H3,(H,10,11);2*5H,1-4H3;1-4H3. The van der Waals surface area contributed by atoms with Crippen molar-refractivity contribution in [3.05, 3.63) is 133 Å². The van der Waals surface area contributed by atoms with Crippen LogP contribution in [0.25, 0.3) is 0 Å². The third-order valence-corrected chi connectivity index (χ3v) is 22.5. The van der Waals surface area contributed by atoms with Crippen LogP contribution in [-0.4, -0.2) is 137 Å². The number of pyridine rings is 1. The second-order valence-corrected chi connectivity index (χ2v) is 46.0. The van der Waals surface area contributed by atoms with Crippen LogP contribution in [0.2, 0.25) is 0 Å². The van der Waals surface area contributed by atoms with E-state index in [1.165, 1.54) is 105 Å². The molecule has 8 rings (SSSR count). The lowest BCUT2D eigenvalue weighted by atomic mass is 9.87. The number of aromatic amines is 1. The summed E-state index contributed by atoms with van der Waals surface area (Å²) in [5.74, 6) is 5.04. The molecule has 0 fully saturated rings. The number of carbonyl (C=O) groups is 10. The molecule has 0 bridgehead atoms. The van der Waals surface area contributed by atoms with Gasteiger partial charge in [-0.3, -0.25) is 47.9 Å². The molecular weight excluding hydrogens is 1730 g/mol. The van der Waals surface area contributed by atoms with Crippen molar-refractivity contribution in [3.63, 3.8) is 0 Å². The average molecular weight is 1900 g/mol. The zero-order valence-corrected chi connectivity index (χ0v) is 91.1. The van der Waals surface area contributed by atoms with Crippen LogP contribution in [-0.2, 0) is 28.0 Å².